The predicted octanol–water partition coefficient (Wildman–Crippen LogP) is 1.02. The molecule has 1 aliphatic carbocycles. The summed E-state index contributed by atoms with van der Waals surface area (Å²) >= 11 is 0. The van der Waals surface area contributed by atoms with Crippen LogP contribution in [0.15, 0.2) is 0 Å². The predicted molar refractivity (Wildman–Crippen MR) is 52.2 cm³/mol. The average molecular weight is 215 g/mol. The van der Waals surface area contributed by atoms with E-state index in [9.17, 15) is 9.59 Å². The first-order valence-electron chi connectivity index (χ1n) is 4.94. The number of carboxylic acids is 1. The van der Waals surface area contributed by atoms with Gasteiger partial charge < -0.3 is 5.11 Å². The third-order valence-corrected chi connectivity index (χ3v) is 4.13. The number of carboxylic acid groups (broad SMARTS) is 1. The van der Waals surface area contributed by atoms with Gasteiger partial charge in [0, 0.05) is 0 Å². The Labute approximate surface area is 88.4 Å². The van der Waals surface area contributed by atoms with Gasteiger partial charge in [-0.15, -0.1) is 0 Å². The van der Waals surface area contributed by atoms with Gasteiger partial charge >= 0.3 is 5.97 Å². The number of hydroxylamine groups is 1. The SMILES string of the molecule is CC1(C(=O)NO)CCC(C(=O)O)C1(C)C. The van der Waals surface area contributed by atoms with Crippen molar-refractivity contribution in [2.45, 2.75) is 33.6 Å². The molecular weight excluding hydrogens is 198 g/mol. The van der Waals surface area contributed by atoms with Crippen LogP contribution in [0.2, 0.25) is 0 Å². The highest BCUT2D eigenvalue weighted by molar-refractivity contribution is 5.84. The van der Waals surface area contributed by atoms with Crippen molar-refractivity contribution in [2.24, 2.45) is 16.7 Å². The van der Waals surface area contributed by atoms with Crippen molar-refractivity contribution in [1.82, 2.24) is 5.48 Å². The van der Waals surface area contributed by atoms with Crippen LogP contribution in [0.25, 0.3) is 0 Å². The fourth-order valence-corrected chi connectivity index (χ4v) is 2.46. The maximum atomic E-state index is 11.6. The molecule has 1 rings (SSSR count). The molecule has 1 fully saturated rings. The minimum Gasteiger partial charge on any atom is -0.481 e. The van der Waals surface area contributed by atoms with Gasteiger partial charge in [0.05, 0.1) is 11.3 Å². The second kappa shape index (κ2) is 3.48. The third kappa shape index (κ3) is 1.51. The monoisotopic (exact) mass is 215 g/mol. The van der Waals surface area contributed by atoms with Crippen LogP contribution in [0, 0.1) is 16.7 Å². The molecule has 86 valence electrons. The Morgan fingerprint density at radius 3 is 2.20 bits per heavy atom. The van der Waals surface area contributed by atoms with Crippen molar-refractivity contribution in [3.05, 3.63) is 0 Å². The zero-order chi connectivity index (χ0) is 11.9. The Balaban J connectivity index is 3.06. The standard InChI is InChI=1S/C10H17NO4/c1-9(2)6(7(12)13)4-5-10(9,3)8(14)11-15/h6,15H,4-5H2,1-3H3,(H,11,14)(H,12,13). The molecule has 1 saturated carbocycles. The van der Waals surface area contributed by atoms with E-state index in [0.29, 0.717) is 12.8 Å². The summed E-state index contributed by atoms with van der Waals surface area (Å²) in [5, 5.41) is 17.7. The summed E-state index contributed by atoms with van der Waals surface area (Å²) in [6.45, 7) is 5.21. The molecule has 15 heavy (non-hydrogen) atoms. The highest BCUT2D eigenvalue weighted by Crippen LogP contribution is 2.55. The first-order chi connectivity index (χ1) is 6.77. The molecular formula is C10H17NO4. The van der Waals surface area contributed by atoms with E-state index in [4.69, 9.17) is 10.3 Å². The molecule has 0 radical (unpaired) electrons. The number of nitrogens with one attached hydrogen (secondary N) is 1. The Bertz CT molecular complexity index is 300. The lowest BCUT2D eigenvalue weighted by atomic mass is 9.65. The van der Waals surface area contributed by atoms with E-state index in [0.717, 1.165) is 0 Å². The number of amides is 1. The zero-order valence-corrected chi connectivity index (χ0v) is 9.20. The molecule has 5 heteroatoms. The van der Waals surface area contributed by atoms with Gasteiger partial charge in [0.15, 0.2) is 0 Å². The van der Waals surface area contributed by atoms with Crippen molar-refractivity contribution < 1.29 is 19.9 Å². The summed E-state index contributed by atoms with van der Waals surface area (Å²) in [5.74, 6) is -1.93. The number of carbonyl (C=O) groups excluding carboxylic acids is 1. The molecule has 5 nitrogen and oxygen atoms in total. The van der Waals surface area contributed by atoms with Crippen LogP contribution in [0.1, 0.15) is 33.6 Å². The second-order valence-electron chi connectivity index (χ2n) is 4.92. The summed E-state index contributed by atoms with van der Waals surface area (Å²) < 4.78 is 0. The van der Waals surface area contributed by atoms with Crippen LogP contribution in [0.3, 0.4) is 0 Å². The topological polar surface area (TPSA) is 86.6 Å². The Morgan fingerprint density at radius 1 is 1.33 bits per heavy atom. The summed E-state index contributed by atoms with van der Waals surface area (Å²) in [4.78, 5) is 22.6. The fraction of sp³-hybridized carbons (Fsp3) is 0.800. The molecule has 3 N–H and O–H groups in total. The lowest BCUT2D eigenvalue weighted by molar-refractivity contribution is -0.151. The summed E-state index contributed by atoms with van der Waals surface area (Å²) in [6.07, 6.45) is 0.940. The van der Waals surface area contributed by atoms with Gasteiger partial charge in [0.1, 0.15) is 0 Å². The minimum atomic E-state index is -0.880. The first kappa shape index (κ1) is 12.0. The molecule has 0 aliphatic heterocycles. The van der Waals surface area contributed by atoms with E-state index in [1.54, 1.807) is 26.3 Å². The molecule has 0 saturated heterocycles. The Morgan fingerprint density at radius 2 is 1.87 bits per heavy atom. The van der Waals surface area contributed by atoms with Gasteiger partial charge in [-0.3, -0.25) is 14.8 Å². The first-order valence-corrected chi connectivity index (χ1v) is 4.94. The molecule has 0 aromatic rings. The summed E-state index contributed by atoms with van der Waals surface area (Å²) in [6, 6.07) is 0. The molecule has 1 amide bonds. The van der Waals surface area contributed by atoms with Crippen molar-refractivity contribution in [3.8, 4) is 0 Å². The van der Waals surface area contributed by atoms with E-state index in [-0.39, 0.29) is 0 Å². The highest BCUT2D eigenvalue weighted by atomic mass is 16.5. The van der Waals surface area contributed by atoms with Crippen molar-refractivity contribution in [3.63, 3.8) is 0 Å². The van der Waals surface area contributed by atoms with Crippen LogP contribution in [0.4, 0.5) is 0 Å². The Kier molecular flexibility index (Phi) is 2.78. The number of hydrogen-bond acceptors (Lipinski definition) is 3. The number of aliphatic carboxylic acids is 1. The van der Waals surface area contributed by atoms with Gasteiger partial charge in [0.25, 0.3) is 0 Å². The van der Waals surface area contributed by atoms with Gasteiger partial charge in [-0.1, -0.05) is 20.8 Å². The molecule has 0 bridgehead atoms. The van der Waals surface area contributed by atoms with E-state index in [1.165, 1.54) is 0 Å². The lowest BCUT2D eigenvalue weighted by Gasteiger charge is -2.38. The van der Waals surface area contributed by atoms with Crippen molar-refractivity contribution in [2.75, 3.05) is 0 Å². The smallest absolute Gasteiger partial charge is 0.307 e. The molecule has 2 atom stereocenters. The van der Waals surface area contributed by atoms with Gasteiger partial charge in [-0.05, 0) is 18.3 Å². The van der Waals surface area contributed by atoms with Gasteiger partial charge in [0.2, 0.25) is 5.91 Å². The van der Waals surface area contributed by atoms with E-state index < -0.39 is 28.6 Å². The molecule has 0 spiro atoms. The maximum Gasteiger partial charge on any atom is 0.307 e. The van der Waals surface area contributed by atoms with Gasteiger partial charge in [-0.25, -0.2) is 5.48 Å². The number of hydrogen-bond donors (Lipinski definition) is 3. The van der Waals surface area contributed by atoms with E-state index >= 15 is 0 Å². The summed E-state index contributed by atoms with van der Waals surface area (Å²) in [5.41, 5.74) is 0.141. The molecule has 2 unspecified atom stereocenters. The lowest BCUT2D eigenvalue weighted by Crippen LogP contribution is -2.47. The third-order valence-electron chi connectivity index (χ3n) is 4.13. The zero-order valence-electron chi connectivity index (χ0n) is 9.20. The summed E-state index contributed by atoms with van der Waals surface area (Å²) in [7, 11) is 0. The van der Waals surface area contributed by atoms with Crippen LogP contribution < -0.4 is 5.48 Å². The van der Waals surface area contributed by atoms with Crippen LogP contribution in [-0.2, 0) is 9.59 Å². The number of carbonyl (C=O) groups is 2. The number of rotatable bonds is 2. The highest BCUT2D eigenvalue weighted by Gasteiger charge is 2.58. The van der Waals surface area contributed by atoms with Crippen molar-refractivity contribution in [1.29, 1.82) is 0 Å². The molecule has 0 aromatic carbocycles. The van der Waals surface area contributed by atoms with Gasteiger partial charge in [-0.2, -0.15) is 0 Å². The molecule has 0 aromatic heterocycles. The largest absolute Gasteiger partial charge is 0.481 e. The second-order valence-corrected chi connectivity index (χ2v) is 4.92. The van der Waals surface area contributed by atoms with E-state index in [1.807, 2.05) is 0 Å². The normalized spacial score (nSPS) is 33.7. The maximum absolute atomic E-state index is 11.6. The molecule has 0 heterocycles. The quantitative estimate of drug-likeness (QED) is 0.474. The average Bonchev–Trinajstić information content (AvgIpc) is 2.38. The Hall–Kier alpha value is -1.10. The van der Waals surface area contributed by atoms with Crippen LogP contribution in [-0.4, -0.2) is 22.2 Å². The van der Waals surface area contributed by atoms with Crippen LogP contribution >= 0.6 is 0 Å². The molecule has 1 aliphatic rings. The fourth-order valence-electron chi connectivity index (χ4n) is 2.46. The minimum absolute atomic E-state index is 0.465. The van der Waals surface area contributed by atoms with Crippen LogP contribution in [0.5, 0.6) is 0 Å². The van der Waals surface area contributed by atoms with E-state index in [2.05, 4.69) is 0 Å². The van der Waals surface area contributed by atoms with Crippen molar-refractivity contribution >= 4 is 11.9 Å².